The second-order valence-corrected chi connectivity index (χ2v) is 5.03. The van der Waals surface area contributed by atoms with Gasteiger partial charge in [-0.3, -0.25) is 0 Å². The number of benzene rings is 2. The van der Waals surface area contributed by atoms with E-state index >= 15 is 0 Å². The molecule has 0 aromatic heterocycles. The van der Waals surface area contributed by atoms with Gasteiger partial charge >= 0.3 is 6.03 Å². The van der Waals surface area contributed by atoms with E-state index in [1.54, 1.807) is 0 Å². The van der Waals surface area contributed by atoms with Gasteiger partial charge in [0, 0.05) is 6.61 Å². The molecule has 0 heterocycles. The Bertz CT molecular complexity index is 650. The number of carbonyl (C=O) groups excluding carboxylic acids is 1. The van der Waals surface area contributed by atoms with Gasteiger partial charge in [-0.1, -0.05) is 36.4 Å². The molecular weight excluding hydrogens is 302 g/mol. The average molecular weight is 320 g/mol. The maximum absolute atomic E-state index is 13.6. The fraction of sp³-hybridized carbons (Fsp3) is 0.235. The zero-order chi connectivity index (χ0) is 16.7. The number of urea groups is 1. The van der Waals surface area contributed by atoms with E-state index in [1.807, 2.05) is 30.3 Å². The standard InChI is InChI=1S/C17H18F2N2O2/c18-13-8-4-9-15(16(13)19)21-17(23)20-14(10-5-11-22)12-6-2-1-3-7-12/h1-4,6-9,14,22H,5,10-11H2,(H2,20,21,23)/t14-/m0/s1. The highest BCUT2D eigenvalue weighted by atomic mass is 19.2. The highest BCUT2D eigenvalue weighted by Crippen LogP contribution is 2.20. The molecule has 0 unspecified atom stereocenters. The molecule has 2 aromatic rings. The fourth-order valence-corrected chi connectivity index (χ4v) is 2.22. The summed E-state index contributed by atoms with van der Waals surface area (Å²) < 4.78 is 26.7. The van der Waals surface area contributed by atoms with Gasteiger partial charge in [0.2, 0.25) is 0 Å². The lowest BCUT2D eigenvalue weighted by Gasteiger charge is -2.19. The Kier molecular flexibility index (Phi) is 6.05. The number of carbonyl (C=O) groups is 1. The summed E-state index contributed by atoms with van der Waals surface area (Å²) in [5.74, 6) is -2.13. The van der Waals surface area contributed by atoms with Crippen LogP contribution in [0.15, 0.2) is 48.5 Å². The van der Waals surface area contributed by atoms with Crippen LogP contribution in [0.1, 0.15) is 24.4 Å². The van der Waals surface area contributed by atoms with Crippen LogP contribution in [-0.2, 0) is 0 Å². The Balaban J connectivity index is 2.07. The minimum Gasteiger partial charge on any atom is -0.396 e. The molecule has 0 bridgehead atoms. The maximum atomic E-state index is 13.6. The van der Waals surface area contributed by atoms with Gasteiger partial charge in [-0.25, -0.2) is 13.6 Å². The number of aliphatic hydroxyl groups excluding tert-OH is 1. The zero-order valence-electron chi connectivity index (χ0n) is 12.4. The normalized spacial score (nSPS) is 11.8. The van der Waals surface area contributed by atoms with Crippen molar-refractivity contribution in [2.45, 2.75) is 18.9 Å². The minimum atomic E-state index is -1.10. The number of rotatable bonds is 6. The van der Waals surface area contributed by atoms with Crippen LogP contribution in [0.5, 0.6) is 0 Å². The van der Waals surface area contributed by atoms with Crippen LogP contribution in [0.4, 0.5) is 19.3 Å². The maximum Gasteiger partial charge on any atom is 0.319 e. The first-order chi connectivity index (χ1) is 11.1. The van der Waals surface area contributed by atoms with Gasteiger partial charge < -0.3 is 15.7 Å². The largest absolute Gasteiger partial charge is 0.396 e. The molecule has 0 aliphatic rings. The molecule has 2 amide bonds. The fourth-order valence-electron chi connectivity index (χ4n) is 2.22. The van der Waals surface area contributed by atoms with Crippen molar-refractivity contribution in [2.24, 2.45) is 0 Å². The van der Waals surface area contributed by atoms with Crippen LogP contribution in [0.2, 0.25) is 0 Å². The summed E-state index contributed by atoms with van der Waals surface area (Å²) in [6.07, 6.45) is 1.04. The molecule has 0 spiro atoms. The van der Waals surface area contributed by atoms with E-state index in [-0.39, 0.29) is 18.3 Å². The van der Waals surface area contributed by atoms with Crippen molar-refractivity contribution >= 4 is 11.7 Å². The smallest absolute Gasteiger partial charge is 0.319 e. The highest BCUT2D eigenvalue weighted by Gasteiger charge is 2.16. The molecule has 2 rings (SSSR count). The van der Waals surface area contributed by atoms with Crippen molar-refractivity contribution in [2.75, 3.05) is 11.9 Å². The van der Waals surface area contributed by atoms with Crippen LogP contribution in [0, 0.1) is 11.6 Å². The monoisotopic (exact) mass is 320 g/mol. The predicted octanol–water partition coefficient (Wildman–Crippen LogP) is 3.60. The summed E-state index contributed by atoms with van der Waals surface area (Å²) in [5, 5.41) is 14.0. The summed E-state index contributed by atoms with van der Waals surface area (Å²) in [4.78, 5) is 12.0. The van der Waals surface area contributed by atoms with Crippen LogP contribution < -0.4 is 10.6 Å². The quantitative estimate of drug-likeness (QED) is 0.761. The molecule has 23 heavy (non-hydrogen) atoms. The molecule has 0 fully saturated rings. The molecule has 3 N–H and O–H groups in total. The van der Waals surface area contributed by atoms with E-state index in [0.29, 0.717) is 12.8 Å². The van der Waals surface area contributed by atoms with E-state index in [2.05, 4.69) is 10.6 Å². The van der Waals surface area contributed by atoms with Crippen molar-refractivity contribution in [3.05, 3.63) is 65.7 Å². The van der Waals surface area contributed by atoms with Crippen molar-refractivity contribution in [1.82, 2.24) is 5.32 Å². The highest BCUT2D eigenvalue weighted by molar-refractivity contribution is 5.89. The number of anilines is 1. The second kappa shape index (κ2) is 8.24. The summed E-state index contributed by atoms with van der Waals surface area (Å²) in [6.45, 7) is 0.00512. The Morgan fingerprint density at radius 1 is 1.09 bits per heavy atom. The average Bonchev–Trinajstić information content (AvgIpc) is 2.56. The third-order valence-corrected chi connectivity index (χ3v) is 3.36. The topological polar surface area (TPSA) is 61.4 Å². The Morgan fingerprint density at radius 2 is 1.83 bits per heavy atom. The number of halogens is 2. The summed E-state index contributed by atoms with van der Waals surface area (Å²) in [7, 11) is 0. The van der Waals surface area contributed by atoms with Gasteiger partial charge in [0.25, 0.3) is 0 Å². The van der Waals surface area contributed by atoms with E-state index < -0.39 is 17.7 Å². The molecular formula is C17H18F2N2O2. The molecule has 0 aliphatic carbocycles. The van der Waals surface area contributed by atoms with E-state index in [1.165, 1.54) is 12.1 Å². The van der Waals surface area contributed by atoms with E-state index in [4.69, 9.17) is 5.11 Å². The lowest BCUT2D eigenvalue weighted by molar-refractivity contribution is 0.243. The third-order valence-electron chi connectivity index (χ3n) is 3.36. The van der Waals surface area contributed by atoms with Crippen LogP contribution in [0.25, 0.3) is 0 Å². The number of amides is 2. The predicted molar refractivity (Wildman–Crippen MR) is 84.0 cm³/mol. The van der Waals surface area contributed by atoms with E-state index in [0.717, 1.165) is 11.6 Å². The molecule has 4 nitrogen and oxygen atoms in total. The van der Waals surface area contributed by atoms with Crippen LogP contribution in [0.3, 0.4) is 0 Å². The number of aliphatic hydroxyl groups is 1. The van der Waals surface area contributed by atoms with Crippen LogP contribution in [-0.4, -0.2) is 17.7 Å². The Labute approximate surface area is 133 Å². The van der Waals surface area contributed by atoms with Gasteiger partial charge in [-0.15, -0.1) is 0 Å². The first kappa shape index (κ1) is 16.9. The summed E-state index contributed by atoms with van der Waals surface area (Å²) >= 11 is 0. The second-order valence-electron chi connectivity index (χ2n) is 5.03. The van der Waals surface area contributed by atoms with Gasteiger partial charge in [-0.05, 0) is 30.5 Å². The van der Waals surface area contributed by atoms with Crippen LogP contribution >= 0.6 is 0 Å². The zero-order valence-corrected chi connectivity index (χ0v) is 12.4. The number of hydrogen-bond donors (Lipinski definition) is 3. The molecule has 0 radical (unpaired) electrons. The Hall–Kier alpha value is -2.47. The SMILES string of the molecule is O=C(Nc1cccc(F)c1F)N[C@@H](CCCO)c1ccccc1. The molecule has 6 heteroatoms. The summed E-state index contributed by atoms with van der Waals surface area (Å²) in [6, 6.07) is 11.8. The molecule has 122 valence electrons. The minimum absolute atomic E-state index is 0.00512. The first-order valence-corrected chi connectivity index (χ1v) is 7.29. The van der Waals surface area contributed by atoms with Crippen molar-refractivity contribution in [1.29, 1.82) is 0 Å². The van der Waals surface area contributed by atoms with Gasteiger partial charge in [0.05, 0.1) is 11.7 Å². The molecule has 1 atom stereocenters. The van der Waals surface area contributed by atoms with Crippen molar-refractivity contribution in [3.8, 4) is 0 Å². The Morgan fingerprint density at radius 3 is 2.52 bits per heavy atom. The van der Waals surface area contributed by atoms with Gasteiger partial charge in [-0.2, -0.15) is 0 Å². The molecule has 0 saturated heterocycles. The van der Waals surface area contributed by atoms with Crippen molar-refractivity contribution < 1.29 is 18.7 Å². The molecule has 0 saturated carbocycles. The lowest BCUT2D eigenvalue weighted by atomic mass is 10.0. The number of nitrogens with one attached hydrogen (secondary N) is 2. The summed E-state index contributed by atoms with van der Waals surface area (Å²) in [5.41, 5.74) is 0.646. The molecule has 0 aliphatic heterocycles. The molecule has 2 aromatic carbocycles. The lowest BCUT2D eigenvalue weighted by Crippen LogP contribution is -2.33. The third kappa shape index (κ3) is 4.75. The first-order valence-electron chi connectivity index (χ1n) is 7.29. The number of hydrogen-bond acceptors (Lipinski definition) is 2. The van der Waals surface area contributed by atoms with Crippen molar-refractivity contribution in [3.63, 3.8) is 0 Å². The van der Waals surface area contributed by atoms with Gasteiger partial charge in [0.1, 0.15) is 0 Å². The van der Waals surface area contributed by atoms with Gasteiger partial charge in [0.15, 0.2) is 11.6 Å². The van der Waals surface area contributed by atoms with E-state index in [9.17, 15) is 13.6 Å².